The van der Waals surface area contributed by atoms with E-state index in [2.05, 4.69) is 5.32 Å². The molecular weight excluding hydrogens is 468 g/mol. The van der Waals surface area contributed by atoms with Crippen molar-refractivity contribution in [2.24, 2.45) is 0 Å². The molecule has 2 aliphatic rings. The Morgan fingerprint density at radius 1 is 1.06 bits per heavy atom. The molecule has 2 saturated heterocycles. The van der Waals surface area contributed by atoms with Gasteiger partial charge in [0.05, 0.1) is 30.4 Å². The summed E-state index contributed by atoms with van der Waals surface area (Å²) in [5, 5.41) is 3.05. The lowest BCUT2D eigenvalue weighted by atomic mass is 10.2. The van der Waals surface area contributed by atoms with E-state index >= 15 is 0 Å². The molecule has 2 fully saturated rings. The first-order chi connectivity index (χ1) is 15.9. The van der Waals surface area contributed by atoms with E-state index in [0.29, 0.717) is 38.4 Å². The minimum absolute atomic E-state index is 0.0758. The van der Waals surface area contributed by atoms with Crippen LogP contribution in [0.3, 0.4) is 0 Å². The fraction of sp³-hybridized carbons (Fsp3) is 0.455. The van der Waals surface area contributed by atoms with Gasteiger partial charge in [-0.2, -0.15) is 4.31 Å². The molecule has 0 radical (unpaired) electrons. The molecule has 4 rings (SSSR count). The van der Waals surface area contributed by atoms with Crippen LogP contribution in [-0.4, -0.2) is 79.6 Å². The molecule has 0 saturated carbocycles. The number of nitrogens with one attached hydrogen (secondary N) is 1. The van der Waals surface area contributed by atoms with Crippen LogP contribution < -0.4 is 5.32 Å². The molecule has 178 valence electrons. The van der Waals surface area contributed by atoms with Crippen LogP contribution in [0.15, 0.2) is 52.0 Å². The van der Waals surface area contributed by atoms with Gasteiger partial charge in [-0.1, -0.05) is 23.7 Å². The molecule has 1 aromatic heterocycles. The molecule has 2 aliphatic heterocycles. The summed E-state index contributed by atoms with van der Waals surface area (Å²) in [7, 11) is -3.72. The van der Waals surface area contributed by atoms with Gasteiger partial charge in [0.1, 0.15) is 10.7 Å². The summed E-state index contributed by atoms with van der Waals surface area (Å²) >= 11 is 6.08. The quantitative estimate of drug-likeness (QED) is 0.626. The van der Waals surface area contributed by atoms with Crippen LogP contribution >= 0.6 is 11.6 Å². The van der Waals surface area contributed by atoms with Crippen LogP contribution in [0, 0.1) is 0 Å². The second-order valence-electron chi connectivity index (χ2n) is 8.14. The first-order valence-corrected chi connectivity index (χ1v) is 12.7. The predicted molar refractivity (Wildman–Crippen MR) is 122 cm³/mol. The van der Waals surface area contributed by atoms with Crippen molar-refractivity contribution in [2.75, 3.05) is 39.3 Å². The Hall–Kier alpha value is -2.40. The number of rotatable bonds is 7. The number of sulfonamides is 1. The zero-order valence-corrected chi connectivity index (χ0v) is 19.7. The molecule has 0 unspecified atom stereocenters. The summed E-state index contributed by atoms with van der Waals surface area (Å²) in [6.45, 7) is 2.11. The van der Waals surface area contributed by atoms with Crippen molar-refractivity contribution < 1.29 is 22.4 Å². The van der Waals surface area contributed by atoms with E-state index < -0.39 is 10.0 Å². The average molecular weight is 495 g/mol. The topological polar surface area (TPSA) is 103 Å². The number of carbonyl (C=O) groups excluding carboxylic acids is 2. The van der Waals surface area contributed by atoms with Gasteiger partial charge in [0.15, 0.2) is 0 Å². The van der Waals surface area contributed by atoms with Crippen molar-refractivity contribution >= 4 is 33.4 Å². The number of likely N-dealkylation sites (tertiary alicyclic amines) is 1. The molecule has 1 aromatic carbocycles. The summed E-state index contributed by atoms with van der Waals surface area (Å²) in [6.07, 6.45) is 3.10. The molecule has 0 aliphatic carbocycles. The van der Waals surface area contributed by atoms with Gasteiger partial charge >= 0.3 is 0 Å². The Morgan fingerprint density at radius 2 is 1.82 bits per heavy atom. The molecule has 0 spiro atoms. The number of hydrogen-bond donors (Lipinski definition) is 1. The van der Waals surface area contributed by atoms with Gasteiger partial charge in [0, 0.05) is 26.2 Å². The monoisotopic (exact) mass is 494 g/mol. The van der Waals surface area contributed by atoms with Gasteiger partial charge in [-0.05, 0) is 43.7 Å². The van der Waals surface area contributed by atoms with E-state index in [0.717, 1.165) is 6.42 Å². The molecule has 11 heteroatoms. The van der Waals surface area contributed by atoms with Crippen molar-refractivity contribution in [3.63, 3.8) is 0 Å². The van der Waals surface area contributed by atoms with Gasteiger partial charge in [-0.15, -0.1) is 0 Å². The van der Waals surface area contributed by atoms with E-state index in [1.165, 1.54) is 10.4 Å². The van der Waals surface area contributed by atoms with Crippen molar-refractivity contribution in [3.8, 4) is 0 Å². The number of carbonyl (C=O) groups is 2. The third-order valence-electron chi connectivity index (χ3n) is 6.07. The largest absolute Gasteiger partial charge is 0.467 e. The van der Waals surface area contributed by atoms with Crippen LogP contribution in [0.25, 0.3) is 0 Å². The lowest BCUT2D eigenvalue weighted by Crippen LogP contribution is -2.53. The number of hydrogen-bond acceptors (Lipinski definition) is 6. The number of piperazine rings is 1. The summed E-state index contributed by atoms with van der Waals surface area (Å²) < 4.78 is 32.4. The molecule has 1 atom stereocenters. The standard InChI is InChI=1S/C22H27ClN4O5S/c23-18-6-1-2-8-20(18)33(30,31)27-12-10-25(11-13-27)21(28)16-26-9-3-7-19(26)22(29)24-15-17-5-4-14-32-17/h1-2,4-6,8,14,19H,3,7,9-13,15-16H2,(H,24,29)/t19-/m0/s1. The van der Waals surface area contributed by atoms with E-state index in [-0.39, 0.29) is 47.4 Å². The Labute approximate surface area is 198 Å². The van der Waals surface area contributed by atoms with Crippen molar-refractivity contribution in [2.45, 2.75) is 30.3 Å². The van der Waals surface area contributed by atoms with Crippen LogP contribution in [0.4, 0.5) is 0 Å². The van der Waals surface area contributed by atoms with Crippen molar-refractivity contribution in [1.29, 1.82) is 0 Å². The third-order valence-corrected chi connectivity index (χ3v) is 8.47. The first-order valence-electron chi connectivity index (χ1n) is 10.9. The second-order valence-corrected chi connectivity index (χ2v) is 10.5. The fourth-order valence-corrected chi connectivity index (χ4v) is 6.18. The maximum absolute atomic E-state index is 12.9. The number of benzene rings is 1. The van der Waals surface area contributed by atoms with Crippen molar-refractivity contribution in [1.82, 2.24) is 19.4 Å². The Balaban J connectivity index is 1.29. The Kier molecular flexibility index (Phi) is 7.38. The second kappa shape index (κ2) is 10.3. The third kappa shape index (κ3) is 5.40. The first kappa shape index (κ1) is 23.7. The normalized spacial score (nSPS) is 20.2. The summed E-state index contributed by atoms with van der Waals surface area (Å²) in [5.41, 5.74) is 0. The minimum atomic E-state index is -3.72. The van der Waals surface area contributed by atoms with Crippen molar-refractivity contribution in [3.05, 3.63) is 53.4 Å². The smallest absolute Gasteiger partial charge is 0.244 e. The lowest BCUT2D eigenvalue weighted by molar-refractivity contribution is -0.135. The molecule has 0 bridgehead atoms. The number of halogens is 1. The molecule has 33 heavy (non-hydrogen) atoms. The highest BCUT2D eigenvalue weighted by atomic mass is 35.5. The van der Waals surface area contributed by atoms with E-state index in [1.54, 1.807) is 41.5 Å². The minimum Gasteiger partial charge on any atom is -0.467 e. The van der Waals surface area contributed by atoms with Gasteiger partial charge < -0.3 is 14.6 Å². The van der Waals surface area contributed by atoms with Crippen LogP contribution in [0.5, 0.6) is 0 Å². The molecule has 3 heterocycles. The maximum Gasteiger partial charge on any atom is 0.244 e. The number of nitrogens with zero attached hydrogens (tertiary/aromatic N) is 3. The molecule has 9 nitrogen and oxygen atoms in total. The Morgan fingerprint density at radius 3 is 2.52 bits per heavy atom. The lowest BCUT2D eigenvalue weighted by Gasteiger charge is -2.35. The average Bonchev–Trinajstić information content (AvgIpc) is 3.50. The van der Waals surface area contributed by atoms with Gasteiger partial charge in [0.25, 0.3) is 0 Å². The zero-order valence-electron chi connectivity index (χ0n) is 18.2. The van der Waals surface area contributed by atoms with Gasteiger partial charge in [0.2, 0.25) is 21.8 Å². The predicted octanol–water partition coefficient (Wildman–Crippen LogP) is 1.55. The van der Waals surface area contributed by atoms with E-state index in [1.807, 2.05) is 4.90 Å². The molecule has 2 amide bonds. The van der Waals surface area contributed by atoms with Gasteiger partial charge in [-0.25, -0.2) is 8.42 Å². The molecule has 1 N–H and O–H groups in total. The van der Waals surface area contributed by atoms with Crippen LogP contribution in [0.2, 0.25) is 5.02 Å². The summed E-state index contributed by atoms with van der Waals surface area (Å²) in [6, 6.07) is 9.55. The van der Waals surface area contributed by atoms with E-state index in [9.17, 15) is 18.0 Å². The number of furan rings is 1. The highest BCUT2D eigenvalue weighted by molar-refractivity contribution is 7.89. The number of amides is 2. The van der Waals surface area contributed by atoms with Crippen LogP contribution in [0.1, 0.15) is 18.6 Å². The fourth-order valence-electron chi connectivity index (χ4n) is 4.26. The SMILES string of the molecule is O=C(NCc1ccco1)[C@@H]1CCCN1CC(=O)N1CCN(S(=O)(=O)c2ccccc2Cl)CC1. The van der Waals surface area contributed by atoms with E-state index in [4.69, 9.17) is 16.0 Å². The maximum atomic E-state index is 12.9. The highest BCUT2D eigenvalue weighted by Crippen LogP contribution is 2.25. The summed E-state index contributed by atoms with van der Waals surface area (Å²) in [4.78, 5) is 29.1. The molecule has 2 aromatic rings. The van der Waals surface area contributed by atoms with Gasteiger partial charge in [-0.3, -0.25) is 14.5 Å². The summed E-state index contributed by atoms with van der Waals surface area (Å²) in [5.74, 6) is 0.455. The Bertz CT molecular complexity index is 1080. The van der Waals surface area contributed by atoms with Crippen LogP contribution in [-0.2, 0) is 26.2 Å². The highest BCUT2D eigenvalue weighted by Gasteiger charge is 2.35. The molecular formula is C22H27ClN4O5S. The zero-order chi connectivity index (χ0) is 23.4.